The van der Waals surface area contributed by atoms with E-state index in [-0.39, 0.29) is 5.75 Å². The Morgan fingerprint density at radius 1 is 1.08 bits per heavy atom. The van der Waals surface area contributed by atoms with Crippen LogP contribution in [0.1, 0.15) is 11.1 Å². The molecule has 0 radical (unpaired) electrons. The molecule has 0 amide bonds. The standard InChI is InChI=1S/C8H9BrO2S/c9-5-7-1-3-8(4-2-7)6-12(10)11/h1-4,12H,5-6H2. The molecule has 12 heavy (non-hydrogen) atoms. The van der Waals surface area contributed by atoms with Gasteiger partial charge < -0.3 is 0 Å². The van der Waals surface area contributed by atoms with Gasteiger partial charge in [-0.15, -0.1) is 0 Å². The Labute approximate surface area is 81.7 Å². The normalized spacial score (nSPS) is 10.5. The van der Waals surface area contributed by atoms with Gasteiger partial charge in [0.05, 0.1) is 5.75 Å². The largest absolute Gasteiger partial charge is 0.232 e. The van der Waals surface area contributed by atoms with Crippen LogP contribution in [0.15, 0.2) is 24.3 Å². The first-order chi connectivity index (χ1) is 5.72. The van der Waals surface area contributed by atoms with E-state index in [1.54, 1.807) is 0 Å². The third-order valence-corrected chi connectivity index (χ3v) is 2.76. The van der Waals surface area contributed by atoms with Gasteiger partial charge in [0.1, 0.15) is 10.7 Å². The molecule has 0 aromatic heterocycles. The van der Waals surface area contributed by atoms with Crippen molar-refractivity contribution in [3.05, 3.63) is 35.4 Å². The Hall–Kier alpha value is -0.350. The minimum Gasteiger partial charge on any atom is -0.232 e. The van der Waals surface area contributed by atoms with Gasteiger partial charge in [-0.05, 0) is 11.1 Å². The second kappa shape index (κ2) is 4.62. The molecule has 0 bridgehead atoms. The summed E-state index contributed by atoms with van der Waals surface area (Å²) >= 11 is 3.31. The Balaban J connectivity index is 2.77. The third-order valence-electron chi connectivity index (χ3n) is 1.49. The quantitative estimate of drug-likeness (QED) is 0.653. The molecule has 4 heteroatoms. The van der Waals surface area contributed by atoms with Gasteiger partial charge in [-0.1, -0.05) is 40.2 Å². The number of hydrogen-bond acceptors (Lipinski definition) is 2. The molecular weight excluding hydrogens is 240 g/mol. The highest BCUT2D eigenvalue weighted by Crippen LogP contribution is 2.08. The summed E-state index contributed by atoms with van der Waals surface area (Å²) in [5.74, 6) is 0.137. The highest BCUT2D eigenvalue weighted by Gasteiger charge is 1.94. The first-order valence-corrected chi connectivity index (χ1v) is 5.96. The van der Waals surface area contributed by atoms with Crippen LogP contribution in [0.4, 0.5) is 0 Å². The van der Waals surface area contributed by atoms with E-state index in [0.717, 1.165) is 16.5 Å². The summed E-state index contributed by atoms with van der Waals surface area (Å²) in [6.07, 6.45) is 0. The van der Waals surface area contributed by atoms with Crippen molar-refractivity contribution in [1.82, 2.24) is 0 Å². The topological polar surface area (TPSA) is 34.1 Å². The van der Waals surface area contributed by atoms with Crippen molar-refractivity contribution in [3.8, 4) is 0 Å². The molecule has 0 aliphatic carbocycles. The van der Waals surface area contributed by atoms with E-state index in [1.165, 1.54) is 0 Å². The summed E-state index contributed by atoms with van der Waals surface area (Å²) in [5, 5.41) is 0.802. The number of alkyl halides is 1. The van der Waals surface area contributed by atoms with E-state index >= 15 is 0 Å². The fourth-order valence-corrected chi connectivity index (χ4v) is 1.77. The Bertz CT molecular complexity index is 308. The van der Waals surface area contributed by atoms with Gasteiger partial charge in [-0.25, -0.2) is 8.42 Å². The van der Waals surface area contributed by atoms with Gasteiger partial charge >= 0.3 is 0 Å². The van der Waals surface area contributed by atoms with Crippen molar-refractivity contribution in [1.29, 1.82) is 0 Å². The molecule has 2 nitrogen and oxygen atoms in total. The molecule has 0 heterocycles. The van der Waals surface area contributed by atoms with Crippen LogP contribution in [0, 0.1) is 0 Å². The molecule has 1 rings (SSSR count). The number of thiol groups is 1. The molecule has 0 spiro atoms. The van der Waals surface area contributed by atoms with Crippen molar-refractivity contribution >= 4 is 26.6 Å². The van der Waals surface area contributed by atoms with E-state index in [2.05, 4.69) is 15.9 Å². The summed E-state index contributed by atoms with van der Waals surface area (Å²) in [4.78, 5) is 0. The van der Waals surface area contributed by atoms with Crippen LogP contribution in [0.2, 0.25) is 0 Å². The van der Waals surface area contributed by atoms with Crippen molar-refractivity contribution in [3.63, 3.8) is 0 Å². The summed E-state index contributed by atoms with van der Waals surface area (Å²) in [6, 6.07) is 7.51. The minimum atomic E-state index is -2.30. The zero-order valence-corrected chi connectivity index (χ0v) is 8.85. The summed E-state index contributed by atoms with van der Waals surface area (Å²) in [5.41, 5.74) is 2.00. The summed E-state index contributed by atoms with van der Waals surface area (Å²) in [6.45, 7) is 0. The van der Waals surface area contributed by atoms with Crippen LogP contribution < -0.4 is 0 Å². The zero-order valence-electron chi connectivity index (χ0n) is 6.37. The van der Waals surface area contributed by atoms with Gasteiger partial charge in [0.15, 0.2) is 0 Å². The van der Waals surface area contributed by atoms with E-state index in [0.29, 0.717) is 0 Å². The van der Waals surface area contributed by atoms with Gasteiger partial charge in [0.2, 0.25) is 0 Å². The average Bonchev–Trinajstić information content (AvgIpc) is 2.05. The fourth-order valence-electron chi connectivity index (χ4n) is 0.883. The Kier molecular flexibility index (Phi) is 3.75. The Morgan fingerprint density at radius 2 is 1.58 bits per heavy atom. The molecule has 0 saturated heterocycles. The molecule has 0 N–H and O–H groups in total. The fraction of sp³-hybridized carbons (Fsp3) is 0.250. The predicted molar refractivity (Wildman–Crippen MR) is 53.1 cm³/mol. The predicted octanol–water partition coefficient (Wildman–Crippen LogP) is 1.69. The lowest BCUT2D eigenvalue weighted by Gasteiger charge is -1.96. The number of benzene rings is 1. The molecule has 0 unspecified atom stereocenters. The second-order valence-electron chi connectivity index (χ2n) is 2.44. The molecular formula is C8H9BrO2S. The van der Waals surface area contributed by atoms with Crippen molar-refractivity contribution < 1.29 is 8.42 Å². The zero-order chi connectivity index (χ0) is 8.97. The molecule has 0 atom stereocenters. The van der Waals surface area contributed by atoms with Gasteiger partial charge in [0.25, 0.3) is 0 Å². The molecule has 1 aromatic rings. The van der Waals surface area contributed by atoms with Gasteiger partial charge in [0, 0.05) is 5.33 Å². The first kappa shape index (κ1) is 9.74. The molecule has 1 aromatic carbocycles. The van der Waals surface area contributed by atoms with Crippen LogP contribution in [0.5, 0.6) is 0 Å². The van der Waals surface area contributed by atoms with Crippen LogP contribution in [-0.4, -0.2) is 8.42 Å². The van der Waals surface area contributed by atoms with E-state index in [4.69, 9.17) is 0 Å². The van der Waals surface area contributed by atoms with Gasteiger partial charge in [-0.2, -0.15) is 0 Å². The monoisotopic (exact) mass is 248 g/mol. The molecule has 66 valence electrons. The maximum Gasteiger partial charge on any atom is 0.144 e. The summed E-state index contributed by atoms with van der Waals surface area (Å²) in [7, 11) is -2.30. The van der Waals surface area contributed by atoms with Gasteiger partial charge in [-0.3, -0.25) is 0 Å². The maximum absolute atomic E-state index is 10.4. The molecule has 0 aliphatic rings. The van der Waals surface area contributed by atoms with E-state index in [9.17, 15) is 8.42 Å². The number of halogens is 1. The Morgan fingerprint density at radius 3 is 2.00 bits per heavy atom. The molecule has 0 aliphatic heterocycles. The van der Waals surface area contributed by atoms with Crippen molar-refractivity contribution in [2.24, 2.45) is 0 Å². The first-order valence-electron chi connectivity index (χ1n) is 3.48. The highest BCUT2D eigenvalue weighted by atomic mass is 79.9. The van der Waals surface area contributed by atoms with Crippen molar-refractivity contribution in [2.45, 2.75) is 11.1 Å². The van der Waals surface area contributed by atoms with E-state index in [1.807, 2.05) is 24.3 Å². The van der Waals surface area contributed by atoms with Crippen LogP contribution >= 0.6 is 15.9 Å². The second-order valence-corrected chi connectivity index (χ2v) is 3.98. The molecule has 0 saturated carbocycles. The lowest BCUT2D eigenvalue weighted by atomic mass is 10.2. The lowest BCUT2D eigenvalue weighted by Crippen LogP contribution is -1.86. The number of hydrogen-bond donors (Lipinski definition) is 1. The van der Waals surface area contributed by atoms with Crippen LogP contribution in [0.25, 0.3) is 0 Å². The average molecular weight is 249 g/mol. The molecule has 0 fully saturated rings. The minimum absolute atomic E-state index is 0.137. The summed E-state index contributed by atoms with van der Waals surface area (Å²) < 4.78 is 20.7. The third kappa shape index (κ3) is 2.95. The van der Waals surface area contributed by atoms with Crippen LogP contribution in [0.3, 0.4) is 0 Å². The lowest BCUT2D eigenvalue weighted by molar-refractivity contribution is 0.614. The van der Waals surface area contributed by atoms with Crippen molar-refractivity contribution in [2.75, 3.05) is 0 Å². The smallest absolute Gasteiger partial charge is 0.144 e. The van der Waals surface area contributed by atoms with Crippen LogP contribution in [-0.2, 0) is 21.8 Å². The maximum atomic E-state index is 10.4. The number of rotatable bonds is 3. The van der Waals surface area contributed by atoms with E-state index < -0.39 is 10.7 Å². The highest BCUT2D eigenvalue weighted by molar-refractivity contribution is 9.08. The SMILES string of the molecule is O=[SH](=O)Cc1ccc(CBr)cc1.